The lowest BCUT2D eigenvalue weighted by atomic mass is 10.1. The molecule has 100 valence electrons. The second-order valence-electron chi connectivity index (χ2n) is 4.90. The summed E-state index contributed by atoms with van der Waals surface area (Å²) in [5, 5.41) is 3.40. The van der Waals surface area contributed by atoms with Gasteiger partial charge in [0.1, 0.15) is 0 Å². The molecule has 18 heavy (non-hydrogen) atoms. The third kappa shape index (κ3) is 5.32. The molecule has 0 aliphatic rings. The van der Waals surface area contributed by atoms with Crippen LogP contribution in [0.15, 0.2) is 24.3 Å². The molecule has 0 amide bonds. The highest BCUT2D eigenvalue weighted by atomic mass is 16.5. The summed E-state index contributed by atoms with van der Waals surface area (Å²) in [5.41, 5.74) is 1.79. The van der Waals surface area contributed by atoms with Crippen LogP contribution in [0.2, 0.25) is 0 Å². The van der Waals surface area contributed by atoms with E-state index in [1.54, 1.807) is 12.1 Å². The van der Waals surface area contributed by atoms with Gasteiger partial charge in [0.2, 0.25) is 0 Å². The van der Waals surface area contributed by atoms with E-state index in [4.69, 9.17) is 0 Å². The Balaban J connectivity index is 2.29. The fourth-order valence-corrected chi connectivity index (χ4v) is 1.74. The smallest absolute Gasteiger partial charge is 0.337 e. The van der Waals surface area contributed by atoms with Gasteiger partial charge in [-0.05, 0) is 43.0 Å². The van der Waals surface area contributed by atoms with Crippen LogP contribution in [0.5, 0.6) is 0 Å². The molecule has 0 unspecified atom stereocenters. The monoisotopic (exact) mass is 249 g/mol. The van der Waals surface area contributed by atoms with Crippen molar-refractivity contribution in [2.45, 2.75) is 33.2 Å². The molecule has 0 fully saturated rings. The maximum absolute atomic E-state index is 11.2. The second kappa shape index (κ2) is 7.88. The van der Waals surface area contributed by atoms with E-state index in [-0.39, 0.29) is 5.97 Å². The predicted molar refractivity (Wildman–Crippen MR) is 73.6 cm³/mol. The third-order valence-corrected chi connectivity index (χ3v) is 2.84. The second-order valence-corrected chi connectivity index (χ2v) is 4.90. The summed E-state index contributed by atoms with van der Waals surface area (Å²) in [6.45, 7) is 6.37. The van der Waals surface area contributed by atoms with Crippen molar-refractivity contribution in [3.8, 4) is 0 Å². The summed E-state index contributed by atoms with van der Waals surface area (Å²) >= 11 is 0. The zero-order chi connectivity index (χ0) is 13.4. The average molecular weight is 249 g/mol. The van der Waals surface area contributed by atoms with Crippen LogP contribution in [0.1, 0.15) is 42.6 Å². The van der Waals surface area contributed by atoms with Crippen LogP contribution >= 0.6 is 0 Å². The number of carbonyl (C=O) groups excluding carboxylic acids is 1. The number of hydrogen-bond acceptors (Lipinski definition) is 3. The molecule has 0 saturated carbocycles. The van der Waals surface area contributed by atoms with Crippen molar-refractivity contribution < 1.29 is 9.53 Å². The molecule has 1 N–H and O–H groups in total. The molecule has 0 heterocycles. The molecule has 0 aliphatic carbocycles. The molecule has 0 aromatic heterocycles. The van der Waals surface area contributed by atoms with E-state index >= 15 is 0 Å². The van der Waals surface area contributed by atoms with Crippen molar-refractivity contribution in [1.82, 2.24) is 5.32 Å². The molecule has 0 saturated heterocycles. The molecular weight excluding hydrogens is 226 g/mol. The summed E-state index contributed by atoms with van der Waals surface area (Å²) < 4.78 is 4.66. The van der Waals surface area contributed by atoms with Gasteiger partial charge in [0.15, 0.2) is 0 Å². The van der Waals surface area contributed by atoms with E-state index in [2.05, 4.69) is 23.9 Å². The van der Waals surface area contributed by atoms with Crippen LogP contribution < -0.4 is 5.32 Å². The van der Waals surface area contributed by atoms with Gasteiger partial charge in [0.25, 0.3) is 0 Å². The van der Waals surface area contributed by atoms with E-state index < -0.39 is 0 Å². The van der Waals surface area contributed by atoms with E-state index in [1.165, 1.54) is 25.5 Å². The fraction of sp³-hybridized carbons (Fsp3) is 0.533. The largest absolute Gasteiger partial charge is 0.465 e. The van der Waals surface area contributed by atoms with Crippen molar-refractivity contribution in [2.24, 2.45) is 5.92 Å². The van der Waals surface area contributed by atoms with Crippen LogP contribution in [0.4, 0.5) is 0 Å². The van der Waals surface area contributed by atoms with Crippen LogP contribution in [0.25, 0.3) is 0 Å². The normalized spacial score (nSPS) is 10.7. The van der Waals surface area contributed by atoms with Crippen molar-refractivity contribution in [1.29, 1.82) is 0 Å². The molecule has 0 radical (unpaired) electrons. The van der Waals surface area contributed by atoms with Gasteiger partial charge >= 0.3 is 5.97 Å². The highest BCUT2D eigenvalue weighted by molar-refractivity contribution is 5.89. The van der Waals surface area contributed by atoms with E-state index in [1.807, 2.05) is 12.1 Å². The maximum atomic E-state index is 11.2. The van der Waals surface area contributed by atoms with Gasteiger partial charge in [0, 0.05) is 6.54 Å². The third-order valence-electron chi connectivity index (χ3n) is 2.84. The lowest BCUT2D eigenvalue weighted by Crippen LogP contribution is -2.15. The van der Waals surface area contributed by atoms with Gasteiger partial charge in [-0.15, -0.1) is 0 Å². The Morgan fingerprint density at radius 1 is 1.28 bits per heavy atom. The Bertz CT molecular complexity index is 357. The number of nitrogens with one attached hydrogen (secondary N) is 1. The molecule has 0 atom stereocenters. The number of ether oxygens (including phenoxy) is 1. The molecule has 3 heteroatoms. The number of benzene rings is 1. The van der Waals surface area contributed by atoms with E-state index in [9.17, 15) is 4.79 Å². The Morgan fingerprint density at radius 3 is 2.50 bits per heavy atom. The summed E-state index contributed by atoms with van der Waals surface area (Å²) in [5.74, 6) is 0.484. The topological polar surface area (TPSA) is 38.3 Å². The average Bonchev–Trinajstić information content (AvgIpc) is 2.38. The quantitative estimate of drug-likeness (QED) is 0.596. The minimum Gasteiger partial charge on any atom is -0.465 e. The first-order valence-corrected chi connectivity index (χ1v) is 6.51. The maximum Gasteiger partial charge on any atom is 0.337 e. The number of esters is 1. The summed E-state index contributed by atoms with van der Waals surface area (Å²) in [6.07, 6.45) is 2.46. The number of methoxy groups -OCH3 is 1. The van der Waals surface area contributed by atoms with Crippen molar-refractivity contribution in [2.75, 3.05) is 13.7 Å². The Kier molecular flexibility index (Phi) is 6.44. The van der Waals surface area contributed by atoms with Crippen LogP contribution in [0, 0.1) is 5.92 Å². The predicted octanol–water partition coefficient (Wildman–Crippen LogP) is 3.00. The molecule has 0 bridgehead atoms. The lowest BCUT2D eigenvalue weighted by molar-refractivity contribution is 0.0600. The summed E-state index contributed by atoms with van der Waals surface area (Å²) in [7, 11) is 1.40. The van der Waals surface area contributed by atoms with Crippen LogP contribution in [-0.4, -0.2) is 19.6 Å². The standard InChI is InChI=1S/C15H23NO2/c1-12(2)5-4-10-16-11-13-6-8-14(9-7-13)15(17)18-3/h6-9,12,16H,4-5,10-11H2,1-3H3. The molecule has 1 rings (SSSR count). The molecule has 1 aromatic carbocycles. The van der Waals surface area contributed by atoms with E-state index in [0.717, 1.165) is 19.0 Å². The van der Waals surface area contributed by atoms with Gasteiger partial charge < -0.3 is 10.1 Å². The van der Waals surface area contributed by atoms with Gasteiger partial charge in [-0.2, -0.15) is 0 Å². The summed E-state index contributed by atoms with van der Waals surface area (Å²) in [6, 6.07) is 7.53. The zero-order valence-corrected chi connectivity index (χ0v) is 11.5. The van der Waals surface area contributed by atoms with E-state index in [0.29, 0.717) is 5.56 Å². The molecule has 0 spiro atoms. The zero-order valence-electron chi connectivity index (χ0n) is 11.5. The van der Waals surface area contributed by atoms with Gasteiger partial charge in [-0.1, -0.05) is 26.0 Å². The number of carbonyl (C=O) groups is 1. The molecule has 0 aliphatic heterocycles. The number of hydrogen-bond donors (Lipinski definition) is 1. The minimum atomic E-state index is -0.286. The molecular formula is C15H23NO2. The first kappa shape index (κ1) is 14.7. The molecule has 1 aromatic rings. The highest BCUT2D eigenvalue weighted by Gasteiger charge is 2.03. The highest BCUT2D eigenvalue weighted by Crippen LogP contribution is 2.06. The first-order chi connectivity index (χ1) is 8.63. The lowest BCUT2D eigenvalue weighted by Gasteiger charge is -2.07. The van der Waals surface area contributed by atoms with Gasteiger partial charge in [-0.25, -0.2) is 4.79 Å². The van der Waals surface area contributed by atoms with Crippen molar-refractivity contribution >= 4 is 5.97 Å². The van der Waals surface area contributed by atoms with Crippen LogP contribution in [0.3, 0.4) is 0 Å². The number of rotatable bonds is 7. The van der Waals surface area contributed by atoms with Crippen molar-refractivity contribution in [3.63, 3.8) is 0 Å². The Labute approximate surface area is 110 Å². The SMILES string of the molecule is COC(=O)c1ccc(CNCCCC(C)C)cc1. The van der Waals surface area contributed by atoms with Crippen LogP contribution in [-0.2, 0) is 11.3 Å². The van der Waals surface area contributed by atoms with Gasteiger partial charge in [-0.3, -0.25) is 0 Å². The fourth-order valence-electron chi connectivity index (χ4n) is 1.74. The molecule has 3 nitrogen and oxygen atoms in total. The Hall–Kier alpha value is -1.35. The minimum absolute atomic E-state index is 0.286. The van der Waals surface area contributed by atoms with Gasteiger partial charge in [0.05, 0.1) is 12.7 Å². The summed E-state index contributed by atoms with van der Waals surface area (Å²) in [4.78, 5) is 11.2. The Morgan fingerprint density at radius 2 is 1.94 bits per heavy atom. The first-order valence-electron chi connectivity index (χ1n) is 6.51. The van der Waals surface area contributed by atoms with Crippen molar-refractivity contribution in [3.05, 3.63) is 35.4 Å².